The van der Waals surface area contributed by atoms with Gasteiger partial charge in [0.1, 0.15) is 11.6 Å². The van der Waals surface area contributed by atoms with E-state index in [4.69, 9.17) is 10.00 Å². The first-order valence-electron chi connectivity index (χ1n) is 7.78. The van der Waals surface area contributed by atoms with Crippen LogP contribution >= 0.6 is 0 Å². The predicted molar refractivity (Wildman–Crippen MR) is 86.5 cm³/mol. The minimum absolute atomic E-state index is 0.301. The number of rotatable bonds is 4. The lowest BCUT2D eigenvalue weighted by Crippen LogP contribution is -2.23. The molecule has 1 fully saturated rings. The summed E-state index contributed by atoms with van der Waals surface area (Å²) in [4.78, 5) is 2.30. The van der Waals surface area contributed by atoms with E-state index in [1.807, 2.05) is 18.2 Å². The summed E-state index contributed by atoms with van der Waals surface area (Å²) in [6, 6.07) is 15.1. The first kappa shape index (κ1) is 15.5. The van der Waals surface area contributed by atoms with Crippen molar-refractivity contribution in [2.45, 2.75) is 25.4 Å². The number of methoxy groups -OCH3 is 1. The summed E-state index contributed by atoms with van der Waals surface area (Å²) in [5.74, 6) is 0.542. The molecule has 3 rings (SSSR count). The van der Waals surface area contributed by atoms with E-state index in [1.165, 1.54) is 11.6 Å². The van der Waals surface area contributed by atoms with Gasteiger partial charge in [-0.2, -0.15) is 5.26 Å². The van der Waals surface area contributed by atoms with Crippen molar-refractivity contribution in [1.29, 1.82) is 5.26 Å². The quantitative estimate of drug-likeness (QED) is 0.855. The summed E-state index contributed by atoms with van der Waals surface area (Å²) >= 11 is 0. The van der Waals surface area contributed by atoms with Crippen molar-refractivity contribution in [2.24, 2.45) is 0 Å². The molecule has 0 N–H and O–H groups in total. The van der Waals surface area contributed by atoms with Crippen LogP contribution in [0.25, 0.3) is 0 Å². The molecule has 23 heavy (non-hydrogen) atoms. The molecule has 0 aliphatic carbocycles. The molecule has 0 aromatic heterocycles. The van der Waals surface area contributed by atoms with Crippen LogP contribution in [0.15, 0.2) is 42.5 Å². The molecular weight excluding hydrogens is 291 g/mol. The zero-order chi connectivity index (χ0) is 16.2. The van der Waals surface area contributed by atoms with Crippen molar-refractivity contribution in [3.05, 3.63) is 65.0 Å². The minimum atomic E-state index is -0.301. The van der Waals surface area contributed by atoms with Crippen LogP contribution in [0.2, 0.25) is 0 Å². The lowest BCUT2D eigenvalue weighted by Gasteiger charge is -2.25. The van der Waals surface area contributed by atoms with Crippen molar-refractivity contribution in [3.8, 4) is 11.8 Å². The van der Waals surface area contributed by atoms with Crippen molar-refractivity contribution in [3.63, 3.8) is 0 Å². The van der Waals surface area contributed by atoms with Gasteiger partial charge in [-0.05, 0) is 49.2 Å². The van der Waals surface area contributed by atoms with Gasteiger partial charge in [0.2, 0.25) is 0 Å². The molecule has 0 radical (unpaired) electrons. The van der Waals surface area contributed by atoms with E-state index in [9.17, 15) is 4.39 Å². The van der Waals surface area contributed by atoms with Gasteiger partial charge >= 0.3 is 0 Å². The maximum atomic E-state index is 14.1. The zero-order valence-electron chi connectivity index (χ0n) is 13.1. The summed E-state index contributed by atoms with van der Waals surface area (Å²) in [6.07, 6.45) is 2.18. The Morgan fingerprint density at radius 2 is 2.04 bits per heavy atom. The second-order valence-corrected chi connectivity index (χ2v) is 5.82. The fraction of sp³-hybridized carbons (Fsp3) is 0.316. The van der Waals surface area contributed by atoms with Crippen LogP contribution in [0.3, 0.4) is 0 Å². The molecule has 1 unspecified atom stereocenters. The van der Waals surface area contributed by atoms with Gasteiger partial charge in [0.25, 0.3) is 0 Å². The fourth-order valence-corrected chi connectivity index (χ4v) is 3.18. The summed E-state index contributed by atoms with van der Waals surface area (Å²) in [5, 5.41) is 8.83. The standard InChI is InChI=1S/C19H19FN2O/c1-23-17-8-6-15(7-9-17)19-3-2-10-22(19)13-16-5-4-14(12-21)11-18(16)20/h4-9,11,19H,2-3,10,13H2,1H3. The molecule has 2 aromatic carbocycles. The zero-order valence-corrected chi connectivity index (χ0v) is 13.1. The maximum absolute atomic E-state index is 14.1. The highest BCUT2D eigenvalue weighted by Gasteiger charge is 2.26. The van der Waals surface area contributed by atoms with Gasteiger partial charge < -0.3 is 4.74 Å². The van der Waals surface area contributed by atoms with Crippen LogP contribution in [0.4, 0.5) is 4.39 Å². The summed E-state index contributed by atoms with van der Waals surface area (Å²) in [5.41, 5.74) is 2.24. The molecule has 1 aliphatic heterocycles. The molecule has 1 aliphatic rings. The van der Waals surface area contributed by atoms with E-state index in [0.717, 1.165) is 25.1 Å². The number of benzene rings is 2. The van der Waals surface area contributed by atoms with Crippen molar-refractivity contribution in [2.75, 3.05) is 13.7 Å². The van der Waals surface area contributed by atoms with Crippen LogP contribution in [-0.2, 0) is 6.54 Å². The molecular formula is C19H19FN2O. The van der Waals surface area contributed by atoms with Crippen LogP contribution in [0.5, 0.6) is 5.75 Å². The Balaban J connectivity index is 1.77. The van der Waals surface area contributed by atoms with Crippen molar-refractivity contribution >= 4 is 0 Å². The van der Waals surface area contributed by atoms with Crippen molar-refractivity contribution < 1.29 is 9.13 Å². The highest BCUT2D eigenvalue weighted by atomic mass is 19.1. The highest BCUT2D eigenvalue weighted by molar-refractivity contribution is 5.33. The Bertz CT molecular complexity index is 721. The number of nitrogens with zero attached hydrogens (tertiary/aromatic N) is 2. The monoisotopic (exact) mass is 310 g/mol. The molecule has 1 atom stereocenters. The number of halogens is 1. The lowest BCUT2D eigenvalue weighted by molar-refractivity contribution is 0.245. The Morgan fingerprint density at radius 3 is 2.70 bits per heavy atom. The second kappa shape index (κ2) is 6.80. The molecule has 2 aromatic rings. The Labute approximate surface area is 135 Å². The Hall–Kier alpha value is -2.38. The van der Waals surface area contributed by atoms with Gasteiger partial charge in [0.15, 0.2) is 0 Å². The van der Waals surface area contributed by atoms with Crippen LogP contribution in [-0.4, -0.2) is 18.6 Å². The summed E-state index contributed by atoms with van der Waals surface area (Å²) < 4.78 is 19.3. The first-order valence-corrected chi connectivity index (χ1v) is 7.78. The van der Waals surface area contributed by atoms with E-state index in [1.54, 1.807) is 19.2 Å². The maximum Gasteiger partial charge on any atom is 0.129 e. The number of hydrogen-bond acceptors (Lipinski definition) is 3. The van der Waals surface area contributed by atoms with Gasteiger partial charge in [-0.15, -0.1) is 0 Å². The van der Waals surface area contributed by atoms with E-state index < -0.39 is 0 Å². The number of hydrogen-bond donors (Lipinski definition) is 0. The van der Waals surface area contributed by atoms with Gasteiger partial charge in [0.05, 0.1) is 18.7 Å². The third kappa shape index (κ3) is 3.35. The highest BCUT2D eigenvalue weighted by Crippen LogP contribution is 2.34. The molecule has 1 saturated heterocycles. The smallest absolute Gasteiger partial charge is 0.129 e. The molecule has 1 heterocycles. The molecule has 3 nitrogen and oxygen atoms in total. The molecule has 0 spiro atoms. The SMILES string of the molecule is COc1ccc(C2CCCN2Cc2ccc(C#N)cc2F)cc1. The van der Waals surface area contributed by atoms with Gasteiger partial charge in [-0.1, -0.05) is 18.2 Å². The minimum Gasteiger partial charge on any atom is -0.497 e. The summed E-state index contributed by atoms with van der Waals surface area (Å²) in [6.45, 7) is 1.52. The summed E-state index contributed by atoms with van der Waals surface area (Å²) in [7, 11) is 1.66. The fourth-order valence-electron chi connectivity index (χ4n) is 3.18. The largest absolute Gasteiger partial charge is 0.497 e. The molecule has 0 bridgehead atoms. The van der Waals surface area contributed by atoms with E-state index in [2.05, 4.69) is 17.0 Å². The van der Waals surface area contributed by atoms with Gasteiger partial charge in [-0.25, -0.2) is 4.39 Å². The predicted octanol–water partition coefficient (Wildman–Crippen LogP) is 4.04. The van der Waals surface area contributed by atoms with Crippen LogP contribution < -0.4 is 4.74 Å². The topological polar surface area (TPSA) is 36.3 Å². The van der Waals surface area contributed by atoms with E-state index in [-0.39, 0.29) is 5.82 Å². The molecule has 118 valence electrons. The third-order valence-corrected chi connectivity index (χ3v) is 4.42. The first-order chi connectivity index (χ1) is 11.2. The lowest BCUT2D eigenvalue weighted by atomic mass is 10.0. The van der Waals surface area contributed by atoms with E-state index in [0.29, 0.717) is 23.7 Å². The third-order valence-electron chi connectivity index (χ3n) is 4.42. The van der Waals surface area contributed by atoms with Gasteiger partial charge in [-0.3, -0.25) is 4.90 Å². The Kier molecular flexibility index (Phi) is 4.59. The van der Waals surface area contributed by atoms with Crippen LogP contribution in [0, 0.1) is 17.1 Å². The average Bonchev–Trinajstić information content (AvgIpc) is 3.05. The number of likely N-dealkylation sites (tertiary alicyclic amines) is 1. The second-order valence-electron chi connectivity index (χ2n) is 5.82. The van der Waals surface area contributed by atoms with E-state index >= 15 is 0 Å². The Morgan fingerprint density at radius 1 is 1.26 bits per heavy atom. The molecule has 4 heteroatoms. The molecule has 0 amide bonds. The normalized spacial score (nSPS) is 17.9. The van der Waals surface area contributed by atoms with Crippen LogP contribution in [0.1, 0.15) is 35.6 Å². The van der Waals surface area contributed by atoms with Gasteiger partial charge in [0, 0.05) is 18.2 Å². The average molecular weight is 310 g/mol. The number of nitriles is 1. The molecule has 0 saturated carbocycles. The van der Waals surface area contributed by atoms with Crippen molar-refractivity contribution in [1.82, 2.24) is 4.90 Å². The number of ether oxygens (including phenoxy) is 1.